The zero-order chi connectivity index (χ0) is 13.1. The predicted molar refractivity (Wildman–Crippen MR) is 72.9 cm³/mol. The van der Waals surface area contributed by atoms with E-state index in [4.69, 9.17) is 0 Å². The second kappa shape index (κ2) is 5.54. The van der Waals surface area contributed by atoms with Crippen molar-refractivity contribution in [1.82, 2.24) is 0 Å². The first-order valence-corrected chi connectivity index (χ1v) is 7.83. The molecule has 0 aliphatic carbocycles. The van der Waals surface area contributed by atoms with Crippen LogP contribution in [0.15, 0.2) is 24.3 Å². The molecule has 96 valence electrons. The Morgan fingerprint density at radius 2 is 1.82 bits per heavy atom. The van der Waals surface area contributed by atoms with Crippen LogP contribution in [0, 0.1) is 0 Å². The Morgan fingerprint density at radius 1 is 1.24 bits per heavy atom. The molecule has 0 radical (unpaired) electrons. The first kappa shape index (κ1) is 14.0. The molecule has 0 amide bonds. The van der Waals surface area contributed by atoms with Gasteiger partial charge in [-0.3, -0.25) is 4.31 Å². The molecule has 0 N–H and O–H groups in total. The summed E-state index contributed by atoms with van der Waals surface area (Å²) >= 11 is 0. The summed E-state index contributed by atoms with van der Waals surface area (Å²) in [6, 6.07) is 7.67. The number of aryl methyl sites for hydroxylation is 1. The van der Waals surface area contributed by atoms with Gasteiger partial charge in [0, 0.05) is 6.04 Å². The predicted octanol–water partition coefficient (Wildman–Crippen LogP) is 2.81. The minimum absolute atomic E-state index is 0.0160. The summed E-state index contributed by atoms with van der Waals surface area (Å²) in [5, 5.41) is 0. The molecule has 1 unspecified atom stereocenters. The molecule has 4 heteroatoms. The summed E-state index contributed by atoms with van der Waals surface area (Å²) in [6.07, 6.45) is 2.90. The Bertz CT molecular complexity index is 468. The maximum atomic E-state index is 11.9. The molecular formula is C13H21NO2S. The summed E-state index contributed by atoms with van der Waals surface area (Å²) in [6.45, 7) is 5.97. The van der Waals surface area contributed by atoms with Crippen molar-refractivity contribution in [3.63, 3.8) is 0 Å². The number of rotatable bonds is 5. The lowest BCUT2D eigenvalue weighted by molar-refractivity contribution is 0.582. The van der Waals surface area contributed by atoms with Crippen molar-refractivity contribution in [2.45, 2.75) is 39.7 Å². The van der Waals surface area contributed by atoms with Gasteiger partial charge in [0.1, 0.15) is 0 Å². The van der Waals surface area contributed by atoms with Crippen LogP contribution in [0.5, 0.6) is 0 Å². The quantitative estimate of drug-likeness (QED) is 0.811. The fourth-order valence-corrected chi connectivity index (χ4v) is 3.27. The lowest BCUT2D eigenvalue weighted by Gasteiger charge is -2.30. The molecule has 1 rings (SSSR count). The monoisotopic (exact) mass is 255 g/mol. The van der Waals surface area contributed by atoms with Crippen molar-refractivity contribution in [3.8, 4) is 0 Å². The first-order valence-electron chi connectivity index (χ1n) is 5.99. The van der Waals surface area contributed by atoms with Gasteiger partial charge < -0.3 is 0 Å². The molecule has 1 atom stereocenters. The van der Waals surface area contributed by atoms with Crippen LogP contribution in [0.3, 0.4) is 0 Å². The summed E-state index contributed by atoms with van der Waals surface area (Å²) in [7, 11) is -3.23. The molecule has 0 heterocycles. The number of nitrogens with zero attached hydrogens (tertiary/aromatic N) is 1. The van der Waals surface area contributed by atoms with Gasteiger partial charge in [-0.25, -0.2) is 8.42 Å². The second-order valence-electron chi connectivity index (χ2n) is 4.30. The average Bonchev–Trinajstić information content (AvgIpc) is 2.28. The van der Waals surface area contributed by atoms with Crippen molar-refractivity contribution in [2.24, 2.45) is 0 Å². The van der Waals surface area contributed by atoms with E-state index in [1.165, 1.54) is 10.6 Å². The lowest BCUT2D eigenvalue weighted by Crippen LogP contribution is -2.38. The van der Waals surface area contributed by atoms with E-state index < -0.39 is 10.0 Å². The highest BCUT2D eigenvalue weighted by Crippen LogP contribution is 2.26. The van der Waals surface area contributed by atoms with Gasteiger partial charge in [0.15, 0.2) is 0 Å². The largest absolute Gasteiger partial charge is 0.267 e. The zero-order valence-electron chi connectivity index (χ0n) is 11.0. The summed E-state index contributed by atoms with van der Waals surface area (Å²) < 4.78 is 25.4. The summed E-state index contributed by atoms with van der Waals surface area (Å²) in [5.74, 6) is 0. The van der Waals surface area contributed by atoms with Gasteiger partial charge >= 0.3 is 0 Å². The van der Waals surface area contributed by atoms with Gasteiger partial charge in [-0.2, -0.15) is 0 Å². The molecule has 1 aromatic carbocycles. The topological polar surface area (TPSA) is 37.4 Å². The molecule has 0 spiro atoms. The van der Waals surface area contributed by atoms with E-state index in [2.05, 4.69) is 0 Å². The Hall–Kier alpha value is -1.03. The van der Waals surface area contributed by atoms with Crippen molar-refractivity contribution < 1.29 is 8.42 Å². The molecule has 0 saturated carbocycles. The van der Waals surface area contributed by atoms with Crippen LogP contribution in [0.4, 0.5) is 5.69 Å². The number of para-hydroxylation sites is 1. The molecular weight excluding hydrogens is 234 g/mol. The molecule has 1 aromatic rings. The first-order chi connectivity index (χ1) is 7.91. The van der Waals surface area contributed by atoms with Crippen LogP contribution in [0.2, 0.25) is 0 Å². The molecule has 3 nitrogen and oxygen atoms in total. The van der Waals surface area contributed by atoms with Gasteiger partial charge in [-0.05, 0) is 31.4 Å². The molecule has 0 aliphatic heterocycles. The smallest absolute Gasteiger partial charge is 0.232 e. The highest BCUT2D eigenvalue weighted by molar-refractivity contribution is 7.92. The highest BCUT2D eigenvalue weighted by atomic mass is 32.2. The molecule has 0 aliphatic rings. The Balaban J connectivity index is 3.32. The van der Waals surface area contributed by atoms with Gasteiger partial charge in [0.2, 0.25) is 10.0 Å². The third kappa shape index (κ3) is 3.22. The number of hydrogen-bond acceptors (Lipinski definition) is 2. The number of anilines is 1. The third-order valence-corrected chi connectivity index (χ3v) is 4.23. The fraction of sp³-hybridized carbons (Fsp3) is 0.538. The van der Waals surface area contributed by atoms with Crippen LogP contribution >= 0.6 is 0 Å². The Kier molecular flexibility index (Phi) is 4.57. The van der Waals surface area contributed by atoms with Crippen molar-refractivity contribution in [2.75, 3.05) is 10.6 Å². The van der Waals surface area contributed by atoms with E-state index in [9.17, 15) is 8.42 Å². The maximum Gasteiger partial charge on any atom is 0.232 e. The third-order valence-electron chi connectivity index (χ3n) is 2.96. The molecule has 0 aromatic heterocycles. The van der Waals surface area contributed by atoms with Crippen LogP contribution in [-0.4, -0.2) is 20.7 Å². The fourth-order valence-electron chi connectivity index (χ4n) is 1.93. The Morgan fingerprint density at radius 3 is 2.29 bits per heavy atom. The maximum absolute atomic E-state index is 11.9. The van der Waals surface area contributed by atoms with E-state index in [0.29, 0.717) is 0 Å². The van der Waals surface area contributed by atoms with E-state index in [1.807, 2.05) is 45.0 Å². The molecule has 17 heavy (non-hydrogen) atoms. The van der Waals surface area contributed by atoms with E-state index in [-0.39, 0.29) is 6.04 Å². The molecule has 0 bridgehead atoms. The standard InChI is InChI=1S/C13H21NO2S/c1-5-11(3)14(17(4,15)16)13-10-8-7-9-12(13)6-2/h7-11H,5-6H2,1-4H3. The van der Waals surface area contributed by atoms with E-state index in [0.717, 1.165) is 24.1 Å². The average molecular weight is 255 g/mol. The van der Waals surface area contributed by atoms with Crippen molar-refractivity contribution in [3.05, 3.63) is 29.8 Å². The zero-order valence-corrected chi connectivity index (χ0v) is 11.8. The number of benzene rings is 1. The molecule has 0 fully saturated rings. The number of sulfonamides is 1. The van der Waals surface area contributed by atoms with E-state index >= 15 is 0 Å². The molecule has 0 saturated heterocycles. The van der Waals surface area contributed by atoms with E-state index in [1.54, 1.807) is 0 Å². The summed E-state index contributed by atoms with van der Waals surface area (Å²) in [4.78, 5) is 0. The number of hydrogen-bond donors (Lipinski definition) is 0. The van der Waals surface area contributed by atoms with Crippen LogP contribution in [0.25, 0.3) is 0 Å². The lowest BCUT2D eigenvalue weighted by atomic mass is 10.1. The van der Waals surface area contributed by atoms with Gasteiger partial charge in [-0.1, -0.05) is 32.0 Å². The minimum Gasteiger partial charge on any atom is -0.267 e. The highest BCUT2D eigenvalue weighted by Gasteiger charge is 2.23. The van der Waals surface area contributed by atoms with Crippen LogP contribution < -0.4 is 4.31 Å². The van der Waals surface area contributed by atoms with Crippen LogP contribution in [0.1, 0.15) is 32.8 Å². The summed E-state index contributed by atoms with van der Waals surface area (Å²) in [5.41, 5.74) is 1.88. The van der Waals surface area contributed by atoms with Gasteiger partial charge in [-0.15, -0.1) is 0 Å². The van der Waals surface area contributed by atoms with Crippen LogP contribution in [-0.2, 0) is 16.4 Å². The van der Waals surface area contributed by atoms with Crippen molar-refractivity contribution >= 4 is 15.7 Å². The second-order valence-corrected chi connectivity index (χ2v) is 6.16. The normalized spacial score (nSPS) is 13.4. The van der Waals surface area contributed by atoms with Gasteiger partial charge in [0.25, 0.3) is 0 Å². The van der Waals surface area contributed by atoms with Crippen molar-refractivity contribution in [1.29, 1.82) is 0 Å². The van der Waals surface area contributed by atoms with Gasteiger partial charge in [0.05, 0.1) is 11.9 Å². The Labute approximate surface area is 105 Å². The minimum atomic E-state index is -3.23. The SMILES string of the molecule is CCc1ccccc1N(C(C)CC)S(C)(=O)=O.